The van der Waals surface area contributed by atoms with E-state index in [1.165, 1.54) is 0 Å². The highest BCUT2D eigenvalue weighted by molar-refractivity contribution is 6.36. The third-order valence-electron chi connectivity index (χ3n) is 5.38. The lowest BCUT2D eigenvalue weighted by molar-refractivity contribution is 0.341. The Kier molecular flexibility index (Phi) is 5.80. The molecule has 0 amide bonds. The average Bonchev–Trinajstić information content (AvgIpc) is 3.15. The van der Waals surface area contributed by atoms with Crippen LogP contribution >= 0.6 is 11.6 Å². The van der Waals surface area contributed by atoms with E-state index in [1.807, 2.05) is 36.7 Å². The minimum atomic E-state index is 0.312. The zero-order valence-electron chi connectivity index (χ0n) is 17.8. The highest BCUT2D eigenvalue weighted by atomic mass is 35.5. The van der Waals surface area contributed by atoms with Gasteiger partial charge in [-0.3, -0.25) is 4.98 Å². The maximum atomic E-state index is 6.67. The summed E-state index contributed by atoms with van der Waals surface area (Å²) >= 11 is 6.67. The molecular formula is C25H26ClN3O. The number of ether oxygens (including phenoxy) is 1. The van der Waals surface area contributed by atoms with Crippen molar-refractivity contribution in [3.8, 4) is 28.0 Å². The van der Waals surface area contributed by atoms with E-state index in [-0.39, 0.29) is 0 Å². The van der Waals surface area contributed by atoms with Gasteiger partial charge >= 0.3 is 0 Å². The van der Waals surface area contributed by atoms with Crippen molar-refractivity contribution < 1.29 is 4.74 Å². The van der Waals surface area contributed by atoms with Crippen molar-refractivity contribution in [1.82, 2.24) is 14.5 Å². The van der Waals surface area contributed by atoms with Crippen molar-refractivity contribution >= 4 is 22.5 Å². The fourth-order valence-corrected chi connectivity index (χ4v) is 4.27. The Morgan fingerprint density at radius 3 is 2.47 bits per heavy atom. The molecule has 2 aromatic carbocycles. The van der Waals surface area contributed by atoms with Crippen LogP contribution in [0.5, 0.6) is 5.75 Å². The molecule has 4 aromatic rings. The summed E-state index contributed by atoms with van der Waals surface area (Å²) in [6, 6.07) is 16.6. The van der Waals surface area contributed by atoms with Crippen molar-refractivity contribution in [2.24, 2.45) is 0 Å². The highest BCUT2D eigenvalue weighted by Gasteiger charge is 2.17. The normalized spacial score (nSPS) is 12.5. The van der Waals surface area contributed by atoms with E-state index in [0.717, 1.165) is 50.5 Å². The Balaban J connectivity index is 1.83. The molecule has 0 spiro atoms. The van der Waals surface area contributed by atoms with Crippen LogP contribution in [0.3, 0.4) is 0 Å². The van der Waals surface area contributed by atoms with Crippen molar-refractivity contribution in [2.45, 2.75) is 13.0 Å². The minimum Gasteiger partial charge on any atom is -0.497 e. The van der Waals surface area contributed by atoms with Gasteiger partial charge in [-0.15, -0.1) is 0 Å². The fraction of sp³-hybridized carbons (Fsp3) is 0.240. The molecule has 4 rings (SSSR count). The predicted molar refractivity (Wildman–Crippen MR) is 125 cm³/mol. The lowest BCUT2D eigenvalue weighted by Crippen LogP contribution is -2.21. The fourth-order valence-electron chi connectivity index (χ4n) is 4.00. The van der Waals surface area contributed by atoms with E-state index in [0.29, 0.717) is 6.04 Å². The Labute approximate surface area is 182 Å². The maximum Gasteiger partial charge on any atom is 0.118 e. The molecule has 0 fully saturated rings. The lowest BCUT2D eigenvalue weighted by Gasteiger charge is -2.19. The van der Waals surface area contributed by atoms with E-state index in [9.17, 15) is 0 Å². The van der Waals surface area contributed by atoms with Gasteiger partial charge in [0.1, 0.15) is 5.75 Å². The van der Waals surface area contributed by atoms with Crippen molar-refractivity contribution in [3.63, 3.8) is 0 Å². The highest BCUT2D eigenvalue weighted by Crippen LogP contribution is 2.38. The molecule has 0 N–H and O–H groups in total. The summed E-state index contributed by atoms with van der Waals surface area (Å²) in [6.07, 6.45) is 6.01. The summed E-state index contributed by atoms with van der Waals surface area (Å²) < 4.78 is 7.59. The quantitative estimate of drug-likeness (QED) is 0.375. The van der Waals surface area contributed by atoms with Gasteiger partial charge in [0.05, 0.1) is 17.6 Å². The molecule has 154 valence electrons. The van der Waals surface area contributed by atoms with Crippen LogP contribution < -0.4 is 4.74 Å². The molecule has 1 unspecified atom stereocenters. The zero-order chi connectivity index (χ0) is 21.3. The first-order valence-electron chi connectivity index (χ1n) is 10.0. The Morgan fingerprint density at radius 1 is 1.03 bits per heavy atom. The molecule has 0 saturated carbocycles. The monoisotopic (exact) mass is 419 g/mol. The van der Waals surface area contributed by atoms with Crippen LogP contribution in [0.25, 0.3) is 33.2 Å². The Hall–Kier alpha value is -2.82. The number of nitrogens with zero attached hydrogens (tertiary/aromatic N) is 3. The molecule has 1 atom stereocenters. The third-order valence-corrected chi connectivity index (χ3v) is 5.70. The number of fused-ring (bicyclic) bond motifs is 1. The number of benzene rings is 2. The van der Waals surface area contributed by atoms with E-state index >= 15 is 0 Å². The first kappa shape index (κ1) is 20.5. The molecule has 0 saturated heterocycles. The number of hydrogen-bond acceptors (Lipinski definition) is 3. The lowest BCUT2D eigenvalue weighted by atomic mass is 10.0. The molecule has 4 nitrogen and oxygen atoms in total. The van der Waals surface area contributed by atoms with Crippen molar-refractivity contribution in [1.29, 1.82) is 0 Å². The second-order valence-electron chi connectivity index (χ2n) is 7.89. The number of halogens is 1. The first-order chi connectivity index (χ1) is 14.5. The van der Waals surface area contributed by atoms with Crippen molar-refractivity contribution in [2.75, 3.05) is 27.7 Å². The molecule has 0 aliphatic heterocycles. The van der Waals surface area contributed by atoms with Crippen LogP contribution in [0, 0.1) is 0 Å². The molecule has 5 heteroatoms. The molecule has 2 heterocycles. The van der Waals surface area contributed by atoms with Crippen LogP contribution in [0.1, 0.15) is 13.0 Å². The standard InChI is InChI=1S/C25H26ClN3O/c1-17(15-28(2)3)29-16-22(25-23(26)6-5-7-24(25)29)20-12-19(13-27-14-20)18-8-10-21(30-4)11-9-18/h5-14,16-17H,15H2,1-4H3. The van der Waals surface area contributed by atoms with E-state index in [4.69, 9.17) is 16.3 Å². The first-order valence-corrected chi connectivity index (χ1v) is 10.4. The molecule has 0 radical (unpaired) electrons. The number of likely N-dealkylation sites (N-methyl/N-ethyl adjacent to an activating group) is 1. The number of methoxy groups -OCH3 is 1. The summed E-state index contributed by atoms with van der Waals surface area (Å²) in [5.74, 6) is 0.840. The molecule has 0 aliphatic carbocycles. The van der Waals surface area contributed by atoms with Crippen LogP contribution in [-0.2, 0) is 0 Å². The topological polar surface area (TPSA) is 30.3 Å². The smallest absolute Gasteiger partial charge is 0.118 e. The third kappa shape index (κ3) is 3.93. The van der Waals surface area contributed by atoms with Gasteiger partial charge in [0.25, 0.3) is 0 Å². The van der Waals surface area contributed by atoms with Gasteiger partial charge in [0, 0.05) is 53.3 Å². The number of pyridine rings is 1. The average molecular weight is 420 g/mol. The Bertz CT molecular complexity index is 1160. The summed E-state index contributed by atoms with van der Waals surface area (Å²) in [5, 5.41) is 1.83. The number of aromatic nitrogens is 2. The molecule has 2 aromatic heterocycles. The largest absolute Gasteiger partial charge is 0.497 e. The molecule has 0 bridgehead atoms. The summed E-state index contributed by atoms with van der Waals surface area (Å²) in [6.45, 7) is 3.18. The van der Waals surface area contributed by atoms with Gasteiger partial charge in [-0.05, 0) is 56.9 Å². The molecular weight excluding hydrogens is 394 g/mol. The summed E-state index contributed by atoms with van der Waals surface area (Å²) in [7, 11) is 5.87. The van der Waals surface area contributed by atoms with E-state index in [1.54, 1.807) is 7.11 Å². The Morgan fingerprint density at radius 2 is 1.77 bits per heavy atom. The van der Waals surface area contributed by atoms with Gasteiger partial charge in [-0.1, -0.05) is 29.8 Å². The SMILES string of the molecule is COc1ccc(-c2cncc(-c3cn(C(C)CN(C)C)c4cccc(Cl)c34)c2)cc1. The van der Waals surface area contributed by atoms with Crippen LogP contribution in [0.4, 0.5) is 0 Å². The molecule has 0 aliphatic rings. The van der Waals surface area contributed by atoms with Gasteiger partial charge in [-0.25, -0.2) is 0 Å². The summed E-state index contributed by atoms with van der Waals surface area (Å²) in [4.78, 5) is 6.73. The van der Waals surface area contributed by atoms with E-state index < -0.39 is 0 Å². The van der Waals surface area contributed by atoms with Gasteiger partial charge < -0.3 is 14.2 Å². The number of hydrogen-bond donors (Lipinski definition) is 0. The number of rotatable bonds is 6. The second-order valence-corrected chi connectivity index (χ2v) is 8.29. The second kappa shape index (κ2) is 8.50. The van der Waals surface area contributed by atoms with E-state index in [2.05, 4.69) is 65.9 Å². The van der Waals surface area contributed by atoms with Crippen LogP contribution in [-0.4, -0.2) is 42.2 Å². The van der Waals surface area contributed by atoms with Gasteiger partial charge in [0.2, 0.25) is 0 Å². The van der Waals surface area contributed by atoms with Gasteiger partial charge in [0.15, 0.2) is 0 Å². The summed E-state index contributed by atoms with van der Waals surface area (Å²) in [5.41, 5.74) is 5.45. The molecule has 30 heavy (non-hydrogen) atoms. The zero-order valence-corrected chi connectivity index (χ0v) is 18.5. The maximum absolute atomic E-state index is 6.67. The van der Waals surface area contributed by atoms with Gasteiger partial charge in [-0.2, -0.15) is 0 Å². The van der Waals surface area contributed by atoms with Crippen LogP contribution in [0.2, 0.25) is 5.02 Å². The van der Waals surface area contributed by atoms with Crippen LogP contribution in [0.15, 0.2) is 67.1 Å². The van der Waals surface area contributed by atoms with Crippen molar-refractivity contribution in [3.05, 3.63) is 72.1 Å². The predicted octanol–water partition coefficient (Wildman–Crippen LogP) is 6.15. The minimum absolute atomic E-state index is 0.312.